The Labute approximate surface area is 114 Å². The molecule has 0 unspecified atom stereocenters. The maximum absolute atomic E-state index is 12.3. The summed E-state index contributed by atoms with van der Waals surface area (Å²) >= 11 is 1.45. The topological polar surface area (TPSA) is 39.3 Å². The molecule has 3 rings (SSSR count). The second-order valence-electron chi connectivity index (χ2n) is 4.36. The first-order chi connectivity index (χ1) is 9.16. The molecule has 1 amide bonds. The molecule has 0 saturated carbocycles. The van der Waals surface area contributed by atoms with E-state index in [0.717, 1.165) is 10.9 Å². The fourth-order valence-electron chi connectivity index (χ4n) is 2.07. The molecule has 0 fully saturated rings. The number of fused-ring (bicyclic) bond motifs is 1. The van der Waals surface area contributed by atoms with Crippen molar-refractivity contribution in [2.24, 2.45) is 19.1 Å². The van der Waals surface area contributed by atoms with Gasteiger partial charge in [-0.05, 0) is 12.1 Å². The van der Waals surface area contributed by atoms with Gasteiger partial charge in [-0.2, -0.15) is 4.99 Å². The maximum Gasteiger partial charge on any atom is 0.296 e. The Balaban J connectivity index is 2.13. The van der Waals surface area contributed by atoms with Gasteiger partial charge in [-0.1, -0.05) is 18.2 Å². The highest BCUT2D eigenvalue weighted by atomic mass is 32.1. The zero-order valence-electron chi connectivity index (χ0n) is 10.7. The summed E-state index contributed by atoms with van der Waals surface area (Å²) in [5.41, 5.74) is 1.64. The number of para-hydroxylation sites is 1. The van der Waals surface area contributed by atoms with Gasteiger partial charge in [0.2, 0.25) is 0 Å². The van der Waals surface area contributed by atoms with Gasteiger partial charge in [-0.25, -0.2) is 0 Å². The van der Waals surface area contributed by atoms with Crippen molar-refractivity contribution in [2.45, 2.75) is 0 Å². The van der Waals surface area contributed by atoms with Crippen molar-refractivity contribution < 1.29 is 4.79 Å². The highest BCUT2D eigenvalue weighted by Crippen LogP contribution is 2.18. The summed E-state index contributed by atoms with van der Waals surface area (Å²) in [5, 5.41) is 2.97. The number of nitrogens with zero attached hydrogens (tertiary/aromatic N) is 3. The second kappa shape index (κ2) is 4.51. The molecule has 0 atom stereocenters. The van der Waals surface area contributed by atoms with Crippen molar-refractivity contribution in [1.29, 1.82) is 0 Å². The van der Waals surface area contributed by atoms with Crippen molar-refractivity contribution in [3.8, 4) is 0 Å². The first-order valence-electron chi connectivity index (χ1n) is 5.90. The minimum Gasteiger partial charge on any atom is -0.340 e. The molecule has 19 heavy (non-hydrogen) atoms. The molecule has 1 aromatic carbocycles. The van der Waals surface area contributed by atoms with Crippen LogP contribution in [0.5, 0.6) is 0 Å². The molecule has 5 heteroatoms. The van der Waals surface area contributed by atoms with Gasteiger partial charge in [0.05, 0.1) is 0 Å². The van der Waals surface area contributed by atoms with E-state index in [9.17, 15) is 4.79 Å². The third-order valence-electron chi connectivity index (χ3n) is 3.13. The molecular weight excluding hydrogens is 258 g/mol. The molecule has 0 aliphatic rings. The lowest BCUT2D eigenvalue weighted by Gasteiger charge is -1.99. The molecular formula is C14H13N3OS. The SMILES string of the molecule is Cn1ccsc1=NC(=O)c1cc2ccccc2n1C. The predicted octanol–water partition coefficient (Wildman–Crippen LogP) is 2.32. The summed E-state index contributed by atoms with van der Waals surface area (Å²) in [6.07, 6.45) is 1.89. The number of hydrogen-bond donors (Lipinski definition) is 0. The van der Waals surface area contributed by atoms with Crippen molar-refractivity contribution in [2.75, 3.05) is 0 Å². The van der Waals surface area contributed by atoms with E-state index >= 15 is 0 Å². The lowest BCUT2D eigenvalue weighted by atomic mass is 10.2. The summed E-state index contributed by atoms with van der Waals surface area (Å²) < 4.78 is 3.72. The number of carbonyl (C=O) groups is 1. The second-order valence-corrected chi connectivity index (χ2v) is 5.23. The van der Waals surface area contributed by atoms with Crippen LogP contribution in [0.3, 0.4) is 0 Å². The van der Waals surface area contributed by atoms with Crippen LogP contribution in [0.4, 0.5) is 0 Å². The van der Waals surface area contributed by atoms with E-state index in [-0.39, 0.29) is 5.91 Å². The summed E-state index contributed by atoms with van der Waals surface area (Å²) in [4.78, 5) is 17.1. The van der Waals surface area contributed by atoms with Gasteiger partial charge in [-0.3, -0.25) is 4.79 Å². The normalized spacial score (nSPS) is 12.2. The molecule has 0 radical (unpaired) electrons. The lowest BCUT2D eigenvalue weighted by molar-refractivity contribution is 0.0990. The molecule has 3 aromatic rings. The zero-order valence-corrected chi connectivity index (χ0v) is 11.5. The maximum atomic E-state index is 12.3. The smallest absolute Gasteiger partial charge is 0.296 e. The Morgan fingerprint density at radius 1 is 1.26 bits per heavy atom. The van der Waals surface area contributed by atoms with Crippen molar-refractivity contribution in [1.82, 2.24) is 9.13 Å². The van der Waals surface area contributed by atoms with E-state index in [4.69, 9.17) is 0 Å². The van der Waals surface area contributed by atoms with Crippen LogP contribution >= 0.6 is 11.3 Å². The molecule has 0 N–H and O–H groups in total. The number of aryl methyl sites for hydroxylation is 2. The highest BCUT2D eigenvalue weighted by Gasteiger charge is 2.12. The van der Waals surface area contributed by atoms with Gasteiger partial charge >= 0.3 is 0 Å². The van der Waals surface area contributed by atoms with E-state index in [1.54, 1.807) is 0 Å². The monoisotopic (exact) mass is 271 g/mol. The first kappa shape index (κ1) is 11.9. The average Bonchev–Trinajstić information content (AvgIpc) is 2.95. The molecule has 0 spiro atoms. The van der Waals surface area contributed by atoms with Gasteiger partial charge in [-0.15, -0.1) is 11.3 Å². The van der Waals surface area contributed by atoms with E-state index in [2.05, 4.69) is 4.99 Å². The number of rotatable bonds is 1. The summed E-state index contributed by atoms with van der Waals surface area (Å²) in [6.45, 7) is 0. The predicted molar refractivity (Wildman–Crippen MR) is 76.1 cm³/mol. The third kappa shape index (κ3) is 2.02. The third-order valence-corrected chi connectivity index (χ3v) is 3.98. The van der Waals surface area contributed by atoms with Crippen LogP contribution in [0.25, 0.3) is 10.9 Å². The van der Waals surface area contributed by atoms with Gasteiger partial charge in [0.25, 0.3) is 5.91 Å². The molecule has 96 valence electrons. The van der Waals surface area contributed by atoms with E-state index in [1.807, 2.05) is 65.1 Å². The lowest BCUT2D eigenvalue weighted by Crippen LogP contribution is -2.14. The quantitative estimate of drug-likeness (QED) is 0.669. The fraction of sp³-hybridized carbons (Fsp3) is 0.143. The highest BCUT2D eigenvalue weighted by molar-refractivity contribution is 7.07. The summed E-state index contributed by atoms with van der Waals surface area (Å²) in [6, 6.07) is 9.81. The van der Waals surface area contributed by atoms with Crippen LogP contribution < -0.4 is 4.80 Å². The zero-order chi connectivity index (χ0) is 13.4. The van der Waals surface area contributed by atoms with Gasteiger partial charge < -0.3 is 9.13 Å². The Bertz CT molecular complexity index is 822. The van der Waals surface area contributed by atoms with E-state index < -0.39 is 0 Å². The minimum absolute atomic E-state index is 0.211. The van der Waals surface area contributed by atoms with Gasteiger partial charge in [0.15, 0.2) is 4.80 Å². The standard InChI is InChI=1S/C14H13N3OS/c1-16-7-8-19-14(16)15-13(18)12-9-10-5-3-4-6-11(10)17(12)2/h3-9H,1-2H3. The van der Waals surface area contributed by atoms with Crippen LogP contribution in [0.2, 0.25) is 0 Å². The fourth-order valence-corrected chi connectivity index (χ4v) is 2.80. The molecule has 0 aliphatic heterocycles. The number of aromatic nitrogens is 2. The Morgan fingerprint density at radius 2 is 2.05 bits per heavy atom. The summed E-state index contributed by atoms with van der Waals surface area (Å²) in [7, 11) is 3.77. The Hall–Kier alpha value is -2.14. The van der Waals surface area contributed by atoms with Crippen LogP contribution in [0.15, 0.2) is 46.9 Å². The largest absolute Gasteiger partial charge is 0.340 e. The van der Waals surface area contributed by atoms with Gasteiger partial charge in [0, 0.05) is 36.6 Å². The molecule has 4 nitrogen and oxygen atoms in total. The molecule has 2 aromatic heterocycles. The van der Waals surface area contributed by atoms with E-state index in [0.29, 0.717) is 10.5 Å². The number of thiazole rings is 1. The van der Waals surface area contributed by atoms with Crippen LogP contribution in [-0.2, 0) is 14.1 Å². The Kier molecular flexibility index (Phi) is 2.83. The molecule has 2 heterocycles. The summed E-state index contributed by atoms with van der Waals surface area (Å²) in [5.74, 6) is -0.211. The van der Waals surface area contributed by atoms with Crippen LogP contribution in [0.1, 0.15) is 10.5 Å². The molecule has 0 aliphatic carbocycles. The minimum atomic E-state index is -0.211. The number of benzene rings is 1. The van der Waals surface area contributed by atoms with Crippen molar-refractivity contribution in [3.05, 3.63) is 52.4 Å². The van der Waals surface area contributed by atoms with Crippen LogP contribution in [-0.4, -0.2) is 15.0 Å². The number of amides is 1. The number of hydrogen-bond acceptors (Lipinski definition) is 2. The van der Waals surface area contributed by atoms with Crippen molar-refractivity contribution in [3.63, 3.8) is 0 Å². The van der Waals surface area contributed by atoms with E-state index in [1.165, 1.54) is 11.3 Å². The van der Waals surface area contributed by atoms with Crippen LogP contribution in [0, 0.1) is 0 Å². The first-order valence-corrected chi connectivity index (χ1v) is 6.78. The molecule has 0 bridgehead atoms. The average molecular weight is 271 g/mol. The Morgan fingerprint density at radius 3 is 2.74 bits per heavy atom. The molecule has 0 saturated heterocycles. The van der Waals surface area contributed by atoms with Crippen molar-refractivity contribution >= 4 is 28.1 Å². The van der Waals surface area contributed by atoms with Gasteiger partial charge in [0.1, 0.15) is 5.69 Å². The number of carbonyl (C=O) groups excluding carboxylic acids is 1.